The monoisotopic (exact) mass is 440 g/mol. The van der Waals surface area contributed by atoms with Gasteiger partial charge in [-0.15, -0.1) is 0 Å². The number of carbonyl (C=O) groups is 3. The number of nitrogens with one attached hydrogen (secondary N) is 1. The van der Waals surface area contributed by atoms with E-state index < -0.39 is 11.5 Å². The van der Waals surface area contributed by atoms with E-state index in [1.165, 1.54) is 0 Å². The van der Waals surface area contributed by atoms with Crippen molar-refractivity contribution < 1.29 is 23.9 Å². The van der Waals surface area contributed by atoms with Crippen LogP contribution in [0.1, 0.15) is 57.1 Å². The topological polar surface area (TPSA) is 84.9 Å². The number of benzene rings is 1. The zero-order valence-corrected chi connectivity index (χ0v) is 18.7. The molecule has 3 unspecified atom stereocenters. The van der Waals surface area contributed by atoms with Gasteiger partial charge in [0.2, 0.25) is 12.0 Å². The van der Waals surface area contributed by atoms with Crippen molar-refractivity contribution >= 4 is 17.8 Å². The Morgan fingerprint density at radius 3 is 2.34 bits per heavy atom. The van der Waals surface area contributed by atoms with Crippen LogP contribution in [0, 0.1) is 17.3 Å². The quantitative estimate of drug-likeness (QED) is 0.712. The zero-order chi connectivity index (χ0) is 22.3. The van der Waals surface area contributed by atoms with Crippen molar-refractivity contribution in [3.63, 3.8) is 0 Å². The fraction of sp³-hybridized carbons (Fsp3) is 0.640. The molecule has 6 rings (SSSR count). The van der Waals surface area contributed by atoms with E-state index in [4.69, 9.17) is 9.47 Å². The van der Waals surface area contributed by atoms with Gasteiger partial charge in [-0.25, -0.2) is 0 Å². The molecule has 5 aliphatic rings. The lowest BCUT2D eigenvalue weighted by atomic mass is 9.47. The molecule has 0 aromatic heterocycles. The lowest BCUT2D eigenvalue weighted by molar-refractivity contribution is -0.186. The van der Waals surface area contributed by atoms with E-state index in [0.717, 1.165) is 32.1 Å². The largest absolute Gasteiger partial charge is 0.447 e. The summed E-state index contributed by atoms with van der Waals surface area (Å²) in [6, 6.07) is 9.29. The fourth-order valence-electron chi connectivity index (χ4n) is 7.09. The van der Waals surface area contributed by atoms with Crippen LogP contribution in [0.25, 0.3) is 0 Å². The average Bonchev–Trinajstić information content (AvgIpc) is 2.76. The SMILES string of the molecule is CC(=O)NC12CC3CC(C1)CC(C(=O)OC(C(=O)N1CCOCC1)c1ccccc1)(C3)C2. The van der Waals surface area contributed by atoms with Crippen molar-refractivity contribution in [2.24, 2.45) is 17.3 Å². The van der Waals surface area contributed by atoms with Crippen LogP contribution in [0.2, 0.25) is 0 Å². The predicted octanol–water partition coefficient (Wildman–Crippen LogP) is 2.60. The van der Waals surface area contributed by atoms with Gasteiger partial charge in [-0.05, 0) is 50.4 Å². The third-order valence-corrected chi connectivity index (χ3v) is 7.81. The second-order valence-corrected chi connectivity index (χ2v) is 10.3. The molecule has 2 amide bonds. The fourth-order valence-corrected chi connectivity index (χ4v) is 7.09. The summed E-state index contributed by atoms with van der Waals surface area (Å²) in [5.74, 6) is 0.326. The van der Waals surface area contributed by atoms with E-state index >= 15 is 0 Å². The molecular formula is C25H32N2O5. The highest BCUT2D eigenvalue weighted by Gasteiger charge is 2.62. The second-order valence-electron chi connectivity index (χ2n) is 10.3. The van der Waals surface area contributed by atoms with Gasteiger partial charge in [-0.2, -0.15) is 0 Å². The van der Waals surface area contributed by atoms with Gasteiger partial charge >= 0.3 is 5.97 Å². The summed E-state index contributed by atoms with van der Waals surface area (Å²) in [5.41, 5.74) is -0.241. The maximum atomic E-state index is 13.8. The van der Waals surface area contributed by atoms with Crippen molar-refractivity contribution in [3.05, 3.63) is 35.9 Å². The Labute approximate surface area is 188 Å². The molecule has 0 spiro atoms. The van der Waals surface area contributed by atoms with Crippen LogP contribution in [0.3, 0.4) is 0 Å². The first-order valence-corrected chi connectivity index (χ1v) is 11.8. The Bertz CT molecular complexity index is 881. The number of hydrogen-bond acceptors (Lipinski definition) is 5. The summed E-state index contributed by atoms with van der Waals surface area (Å²) < 4.78 is 11.5. The van der Waals surface area contributed by atoms with E-state index in [1.807, 2.05) is 30.3 Å². The first-order chi connectivity index (χ1) is 15.4. The molecule has 172 valence electrons. The zero-order valence-electron chi connectivity index (χ0n) is 18.7. The molecule has 4 bridgehead atoms. The predicted molar refractivity (Wildman–Crippen MR) is 116 cm³/mol. The number of rotatable bonds is 5. The second kappa shape index (κ2) is 8.18. The van der Waals surface area contributed by atoms with Crippen LogP contribution in [0.5, 0.6) is 0 Å². The van der Waals surface area contributed by atoms with E-state index in [9.17, 15) is 14.4 Å². The summed E-state index contributed by atoms with van der Waals surface area (Å²) in [4.78, 5) is 40.8. The lowest BCUT2D eigenvalue weighted by Crippen LogP contribution is -2.64. The molecule has 32 heavy (non-hydrogen) atoms. The summed E-state index contributed by atoms with van der Waals surface area (Å²) in [6.07, 6.45) is 4.23. The summed E-state index contributed by atoms with van der Waals surface area (Å²) in [7, 11) is 0. The number of morpholine rings is 1. The minimum Gasteiger partial charge on any atom is -0.447 e. The van der Waals surface area contributed by atoms with Crippen molar-refractivity contribution in [2.45, 2.75) is 57.1 Å². The molecule has 1 aromatic carbocycles. The number of esters is 1. The van der Waals surface area contributed by atoms with E-state index in [2.05, 4.69) is 5.32 Å². The Balaban J connectivity index is 1.41. The van der Waals surface area contributed by atoms with Crippen LogP contribution >= 0.6 is 0 Å². The molecular weight excluding hydrogens is 408 g/mol. The van der Waals surface area contributed by atoms with Gasteiger partial charge in [0.15, 0.2) is 0 Å². The molecule has 1 N–H and O–H groups in total. The molecule has 1 aliphatic heterocycles. The Morgan fingerprint density at radius 2 is 1.72 bits per heavy atom. The molecule has 1 heterocycles. The van der Waals surface area contributed by atoms with Crippen LogP contribution < -0.4 is 5.32 Å². The van der Waals surface area contributed by atoms with Gasteiger partial charge in [0.1, 0.15) is 0 Å². The van der Waals surface area contributed by atoms with Crippen molar-refractivity contribution in [1.82, 2.24) is 10.2 Å². The summed E-state index contributed by atoms with van der Waals surface area (Å²) in [5, 5.41) is 3.19. The van der Waals surface area contributed by atoms with Gasteiger partial charge in [-0.1, -0.05) is 30.3 Å². The standard InChI is InChI=1S/C25H32N2O5/c1-17(28)26-25-14-18-11-19(15-25)13-24(12-18,16-25)23(30)32-21(20-5-3-2-4-6-20)22(29)27-7-9-31-10-8-27/h2-6,18-19,21H,7-16H2,1H3,(H,26,28). The molecule has 1 saturated heterocycles. The highest BCUT2D eigenvalue weighted by Crippen LogP contribution is 2.62. The minimum atomic E-state index is -0.952. The van der Waals surface area contributed by atoms with Crippen LogP contribution in [0.4, 0.5) is 0 Å². The molecule has 1 aromatic rings. The lowest BCUT2D eigenvalue weighted by Gasteiger charge is -2.60. The number of nitrogens with zero attached hydrogens (tertiary/aromatic N) is 1. The molecule has 4 saturated carbocycles. The molecule has 7 nitrogen and oxygen atoms in total. The Morgan fingerprint density at radius 1 is 1.06 bits per heavy atom. The number of hydrogen-bond donors (Lipinski definition) is 1. The van der Waals surface area contributed by atoms with Gasteiger partial charge in [0.05, 0.1) is 18.6 Å². The maximum absolute atomic E-state index is 13.8. The highest BCUT2D eigenvalue weighted by atomic mass is 16.6. The van der Waals surface area contributed by atoms with Gasteiger partial charge < -0.3 is 19.7 Å². The summed E-state index contributed by atoms with van der Waals surface area (Å²) >= 11 is 0. The summed E-state index contributed by atoms with van der Waals surface area (Å²) in [6.45, 7) is 3.54. The average molecular weight is 441 g/mol. The minimum absolute atomic E-state index is 0.0416. The Hall–Kier alpha value is -2.41. The maximum Gasteiger partial charge on any atom is 0.313 e. The molecule has 7 heteroatoms. The molecule has 0 radical (unpaired) electrons. The van der Waals surface area contributed by atoms with Crippen LogP contribution in [0.15, 0.2) is 30.3 Å². The highest BCUT2D eigenvalue weighted by molar-refractivity contribution is 5.87. The number of ether oxygens (including phenoxy) is 2. The van der Waals surface area contributed by atoms with E-state index in [1.54, 1.807) is 11.8 Å². The third-order valence-electron chi connectivity index (χ3n) is 7.81. The smallest absolute Gasteiger partial charge is 0.313 e. The Kier molecular flexibility index (Phi) is 5.48. The van der Waals surface area contributed by atoms with Gasteiger partial charge in [0.25, 0.3) is 5.91 Å². The molecule has 3 atom stereocenters. The van der Waals surface area contributed by atoms with Crippen LogP contribution in [-0.4, -0.2) is 54.5 Å². The number of carbonyl (C=O) groups excluding carboxylic acids is 3. The first kappa shape index (κ1) is 21.4. The van der Waals surface area contributed by atoms with Crippen molar-refractivity contribution in [1.29, 1.82) is 0 Å². The molecule has 4 aliphatic carbocycles. The van der Waals surface area contributed by atoms with Gasteiger partial charge in [0, 0.05) is 31.1 Å². The first-order valence-electron chi connectivity index (χ1n) is 11.8. The number of amides is 2. The van der Waals surface area contributed by atoms with Crippen molar-refractivity contribution in [3.8, 4) is 0 Å². The normalized spacial score (nSPS) is 34.1. The third kappa shape index (κ3) is 3.91. The van der Waals surface area contributed by atoms with Gasteiger partial charge in [-0.3, -0.25) is 14.4 Å². The van der Waals surface area contributed by atoms with E-state index in [0.29, 0.717) is 50.1 Å². The molecule has 5 fully saturated rings. The van der Waals surface area contributed by atoms with Crippen molar-refractivity contribution in [2.75, 3.05) is 26.3 Å². The van der Waals surface area contributed by atoms with Crippen LogP contribution in [-0.2, 0) is 23.9 Å². The van der Waals surface area contributed by atoms with E-state index in [-0.39, 0.29) is 23.3 Å².